The quantitative estimate of drug-likeness (QED) is 0.0415. The van der Waals surface area contributed by atoms with Gasteiger partial charge in [0, 0.05) is 0 Å². The Morgan fingerprint density at radius 2 is 1.22 bits per heavy atom. The van der Waals surface area contributed by atoms with Crippen molar-refractivity contribution in [2.24, 2.45) is 10.8 Å². The summed E-state index contributed by atoms with van der Waals surface area (Å²) >= 11 is 0. The lowest BCUT2D eigenvalue weighted by atomic mass is 9.71. The van der Waals surface area contributed by atoms with E-state index in [9.17, 15) is 35.1 Å². The monoisotopic (exact) mass is 822 g/mol. The largest absolute Gasteiger partial charge is 0.483 e. The summed E-state index contributed by atoms with van der Waals surface area (Å²) in [7, 11) is 0. The van der Waals surface area contributed by atoms with E-state index in [0.717, 1.165) is 33.4 Å². The number of Topliss-reactive ketones (excluding diaryl/α,β-unsaturated/α-hetero) is 2. The van der Waals surface area contributed by atoms with E-state index in [1.54, 1.807) is 13.8 Å². The first kappa shape index (κ1) is 54.7. The SMILES string of the molecule is CC1=C(/C=C/C(C)=C/C=C/C(C)=C/C=C/C=C(C)/C=C/C=C(C)/C=C/C(=C(\C)C(=O)C(C)O)C(C)(C)C)C(C)(C)CC(OCC(O)C(O)C(O)C(O)CO)C1=O.O=CO. The number of aliphatic hydroxyl groups is 6. The van der Waals surface area contributed by atoms with Crippen molar-refractivity contribution in [2.75, 3.05) is 13.2 Å². The van der Waals surface area contributed by atoms with Crippen molar-refractivity contribution in [1.29, 1.82) is 0 Å². The molecule has 0 heterocycles. The lowest BCUT2D eigenvalue weighted by Crippen LogP contribution is -2.48. The van der Waals surface area contributed by atoms with Crippen LogP contribution in [-0.4, -0.2) is 104 Å². The molecule has 0 spiro atoms. The van der Waals surface area contributed by atoms with Gasteiger partial charge in [0.15, 0.2) is 11.6 Å². The van der Waals surface area contributed by atoms with Crippen LogP contribution in [-0.2, 0) is 19.1 Å². The first-order chi connectivity index (χ1) is 27.4. The zero-order chi connectivity index (χ0) is 45.7. The number of ether oxygens (including phenoxy) is 1. The molecule has 1 aliphatic carbocycles. The summed E-state index contributed by atoms with van der Waals surface area (Å²) in [5.41, 5.74) is 6.39. The lowest BCUT2D eigenvalue weighted by molar-refractivity contribution is -0.146. The predicted molar refractivity (Wildman–Crippen MR) is 235 cm³/mol. The maximum Gasteiger partial charge on any atom is 0.290 e. The Balaban J connectivity index is 0.0000108. The Labute approximate surface area is 351 Å². The molecule has 11 heteroatoms. The highest BCUT2D eigenvalue weighted by molar-refractivity contribution is 6.01. The fourth-order valence-electron chi connectivity index (χ4n) is 6.06. The molecule has 0 radical (unpaired) electrons. The Kier molecular flexibility index (Phi) is 24.7. The van der Waals surface area contributed by atoms with Crippen molar-refractivity contribution >= 4 is 18.0 Å². The second kappa shape index (κ2) is 26.7. The number of carbonyl (C=O) groups is 3. The van der Waals surface area contributed by atoms with E-state index in [-0.39, 0.29) is 23.5 Å². The molecule has 0 saturated heterocycles. The molecule has 328 valence electrons. The van der Waals surface area contributed by atoms with Gasteiger partial charge in [-0.25, -0.2) is 0 Å². The van der Waals surface area contributed by atoms with Crippen molar-refractivity contribution in [3.63, 3.8) is 0 Å². The highest BCUT2D eigenvalue weighted by atomic mass is 16.5. The van der Waals surface area contributed by atoms with Gasteiger partial charge in [-0.2, -0.15) is 0 Å². The second-order valence-corrected chi connectivity index (χ2v) is 16.5. The van der Waals surface area contributed by atoms with E-state index in [2.05, 4.69) is 20.8 Å². The van der Waals surface area contributed by atoms with Crippen LogP contribution in [0.1, 0.15) is 89.5 Å². The molecule has 0 aromatic carbocycles. The Hall–Kier alpha value is -4.33. The molecule has 1 aliphatic rings. The maximum absolute atomic E-state index is 13.2. The van der Waals surface area contributed by atoms with Crippen LogP contribution in [0.25, 0.3) is 0 Å². The van der Waals surface area contributed by atoms with Gasteiger partial charge >= 0.3 is 0 Å². The highest BCUT2D eigenvalue weighted by Gasteiger charge is 2.39. The Morgan fingerprint density at radius 3 is 1.68 bits per heavy atom. The van der Waals surface area contributed by atoms with Gasteiger partial charge in [-0.15, -0.1) is 0 Å². The summed E-state index contributed by atoms with van der Waals surface area (Å²) in [4.78, 5) is 33.9. The van der Waals surface area contributed by atoms with Gasteiger partial charge in [0.2, 0.25) is 0 Å². The molecule has 6 unspecified atom stereocenters. The third-order valence-corrected chi connectivity index (χ3v) is 9.54. The van der Waals surface area contributed by atoms with E-state index in [1.165, 1.54) is 6.92 Å². The van der Waals surface area contributed by atoms with Gasteiger partial charge in [-0.1, -0.05) is 142 Å². The first-order valence-corrected chi connectivity index (χ1v) is 19.7. The average Bonchev–Trinajstić information content (AvgIpc) is 3.15. The number of carboxylic acid groups (broad SMARTS) is 1. The molecule has 59 heavy (non-hydrogen) atoms. The Bertz CT molecular complexity index is 1750. The van der Waals surface area contributed by atoms with Crippen LogP contribution in [0, 0.1) is 10.8 Å². The van der Waals surface area contributed by atoms with Crippen LogP contribution in [0.4, 0.5) is 0 Å². The predicted octanol–water partition coefficient (Wildman–Crippen LogP) is 6.70. The molecule has 0 bridgehead atoms. The van der Waals surface area contributed by atoms with E-state index >= 15 is 0 Å². The fourth-order valence-corrected chi connectivity index (χ4v) is 6.06. The third-order valence-electron chi connectivity index (χ3n) is 9.54. The molecular formula is C48H70O11. The number of ketones is 2. The van der Waals surface area contributed by atoms with Crippen molar-refractivity contribution in [1.82, 2.24) is 0 Å². The van der Waals surface area contributed by atoms with Crippen molar-refractivity contribution in [3.8, 4) is 0 Å². The normalized spacial score (nSPS) is 20.6. The van der Waals surface area contributed by atoms with Gasteiger partial charge in [0.1, 0.15) is 36.6 Å². The van der Waals surface area contributed by atoms with E-state index in [0.29, 0.717) is 17.6 Å². The van der Waals surface area contributed by atoms with Crippen LogP contribution in [0.5, 0.6) is 0 Å². The number of hydrogen-bond acceptors (Lipinski definition) is 10. The van der Waals surface area contributed by atoms with Crippen LogP contribution in [0.3, 0.4) is 0 Å². The van der Waals surface area contributed by atoms with Gasteiger partial charge in [-0.3, -0.25) is 14.4 Å². The van der Waals surface area contributed by atoms with Crippen molar-refractivity contribution in [3.05, 3.63) is 130 Å². The topological polar surface area (TPSA) is 202 Å². The molecule has 7 N–H and O–H groups in total. The molecule has 11 nitrogen and oxygen atoms in total. The minimum absolute atomic E-state index is 0.225. The van der Waals surface area contributed by atoms with Gasteiger partial charge in [0.25, 0.3) is 6.47 Å². The van der Waals surface area contributed by atoms with Gasteiger partial charge in [0.05, 0.1) is 13.2 Å². The molecule has 1 rings (SSSR count). The van der Waals surface area contributed by atoms with Crippen LogP contribution in [0.2, 0.25) is 0 Å². The number of carbonyl (C=O) groups excluding carboxylic acids is 2. The summed E-state index contributed by atoms with van der Waals surface area (Å²) in [5, 5.41) is 65.3. The number of aliphatic hydroxyl groups excluding tert-OH is 6. The molecule has 0 aliphatic heterocycles. The number of allylic oxidation sites excluding steroid dienone is 20. The Morgan fingerprint density at radius 1 is 0.780 bits per heavy atom. The van der Waals surface area contributed by atoms with E-state index in [1.807, 2.05) is 127 Å². The van der Waals surface area contributed by atoms with Gasteiger partial charge in [-0.05, 0) is 88.0 Å². The summed E-state index contributed by atoms with van der Waals surface area (Å²) in [5.74, 6) is -0.485. The fraction of sp³-hybridized carbons (Fsp3) is 0.479. The minimum Gasteiger partial charge on any atom is -0.483 e. The molecule has 0 aromatic rings. The number of rotatable bonds is 19. The van der Waals surface area contributed by atoms with Crippen molar-refractivity contribution in [2.45, 2.75) is 126 Å². The van der Waals surface area contributed by atoms with E-state index < -0.39 is 55.3 Å². The highest BCUT2D eigenvalue weighted by Crippen LogP contribution is 2.41. The molecular weight excluding hydrogens is 753 g/mol. The zero-order valence-electron chi connectivity index (χ0n) is 37.0. The molecule has 0 amide bonds. The minimum atomic E-state index is -1.77. The number of hydrogen-bond donors (Lipinski definition) is 7. The standard InChI is InChI=1S/C47H68O9.CH2O2/c1-30(19-15-21-32(3)23-25-37(46(8,9)10)34(5)42(52)36(7)49)17-13-14-18-31(2)20-16-22-33(4)24-26-38-35(6)43(53)41(27-47(38,11)12)56-29-40(51)45(55)44(54)39(50)28-48;2-1-3/h13-26,36,39-41,44-45,48-51,54-55H,27-29H2,1-12H3;1H,(H,2,3)/b14-13+,19-15+,20-16+,25-23+,26-24+,30-17+,31-18+,32-21+,33-22+,37-34-;. The van der Waals surface area contributed by atoms with Crippen LogP contribution < -0.4 is 0 Å². The van der Waals surface area contributed by atoms with E-state index in [4.69, 9.17) is 19.7 Å². The van der Waals surface area contributed by atoms with Crippen molar-refractivity contribution < 1.29 is 54.9 Å². The molecule has 0 aromatic heterocycles. The zero-order valence-corrected chi connectivity index (χ0v) is 37.0. The van der Waals surface area contributed by atoms with Crippen LogP contribution >= 0.6 is 0 Å². The molecule has 0 saturated carbocycles. The summed E-state index contributed by atoms with van der Waals surface area (Å²) < 4.78 is 5.68. The lowest BCUT2D eigenvalue weighted by Gasteiger charge is -2.37. The second-order valence-electron chi connectivity index (χ2n) is 16.5. The van der Waals surface area contributed by atoms with Gasteiger partial charge < -0.3 is 40.5 Å². The average molecular weight is 823 g/mol. The summed E-state index contributed by atoms with van der Waals surface area (Å²) in [6.07, 6.45) is 19.6. The third kappa shape index (κ3) is 20.0. The van der Waals surface area contributed by atoms with Crippen LogP contribution in [0.15, 0.2) is 130 Å². The summed E-state index contributed by atoms with van der Waals surface area (Å²) in [6, 6.07) is 0. The summed E-state index contributed by atoms with van der Waals surface area (Å²) in [6.45, 7) is 21.7. The molecule has 0 fully saturated rings. The molecule has 6 atom stereocenters. The maximum atomic E-state index is 13.2. The smallest absolute Gasteiger partial charge is 0.290 e. The first-order valence-electron chi connectivity index (χ1n) is 19.7.